The third kappa shape index (κ3) is 17.4. The number of nitrogens with one attached hydrogen (secondary N) is 2. The summed E-state index contributed by atoms with van der Waals surface area (Å²) in [5, 5.41) is 48.3. The van der Waals surface area contributed by atoms with Crippen molar-refractivity contribution in [2.24, 2.45) is 0 Å². The molecule has 1 fully saturated rings. The van der Waals surface area contributed by atoms with Crippen molar-refractivity contribution in [1.82, 2.24) is 15.1 Å². The van der Waals surface area contributed by atoms with E-state index in [0.29, 0.717) is 48.0 Å². The van der Waals surface area contributed by atoms with Crippen molar-refractivity contribution in [3.8, 4) is 40.4 Å². The minimum absolute atomic E-state index is 0.0410. The molecule has 0 spiro atoms. The van der Waals surface area contributed by atoms with Crippen LogP contribution in [0.4, 0.5) is 22.7 Å². The Morgan fingerprint density at radius 1 is 0.873 bits per heavy atom. The highest BCUT2D eigenvalue weighted by molar-refractivity contribution is 9.11. The second-order valence-electron chi connectivity index (χ2n) is 13.1. The molecule has 1 aromatic heterocycles. The number of aromatic nitrogens is 2. The monoisotopic (exact) mass is 1060 g/mol. The molecule has 1 unspecified atom stereocenters. The number of aromatic hydroxyl groups is 1. The summed E-state index contributed by atoms with van der Waals surface area (Å²) >= 11 is 9.65. The van der Waals surface area contributed by atoms with Gasteiger partial charge in [0.15, 0.2) is 12.3 Å². The van der Waals surface area contributed by atoms with Crippen LogP contribution in [0.2, 0.25) is 0 Å². The minimum atomic E-state index is -0.671. The number of ether oxygens (including phenoxy) is 4. The summed E-state index contributed by atoms with van der Waals surface area (Å²) in [6.07, 6.45) is 5.80. The average Bonchev–Trinajstić information content (AvgIpc) is 3.82. The number of hydrogen-bond acceptors (Lipinski definition) is 14. The van der Waals surface area contributed by atoms with E-state index in [0.717, 1.165) is 63.6 Å². The third-order valence-electron chi connectivity index (χ3n) is 8.15. The molecule has 0 aliphatic carbocycles. The molecule has 21 heteroatoms. The number of H-pyrrole nitrogens is 1. The van der Waals surface area contributed by atoms with Crippen LogP contribution in [0, 0.1) is 31.7 Å². The van der Waals surface area contributed by atoms with E-state index < -0.39 is 16.0 Å². The summed E-state index contributed by atoms with van der Waals surface area (Å²) in [6, 6.07) is 21.2. The summed E-state index contributed by atoms with van der Waals surface area (Å²) in [6.45, 7) is 9.05. The number of nitro groups is 2. The van der Waals surface area contributed by atoms with Crippen molar-refractivity contribution in [2.45, 2.75) is 46.1 Å². The van der Waals surface area contributed by atoms with E-state index in [9.17, 15) is 25.0 Å². The number of carbonyl (C=O) groups is 1. The Labute approximate surface area is 389 Å². The van der Waals surface area contributed by atoms with Gasteiger partial charge in [0.2, 0.25) is 0 Å². The Bertz CT molecular complexity index is 2300. The maximum absolute atomic E-state index is 12.4. The fourth-order valence-electron chi connectivity index (χ4n) is 5.07. The van der Waals surface area contributed by atoms with Crippen LogP contribution in [0.1, 0.15) is 40.0 Å². The zero-order valence-electron chi connectivity index (χ0n) is 34.6. The van der Waals surface area contributed by atoms with Crippen LogP contribution in [-0.4, -0.2) is 81.6 Å². The van der Waals surface area contributed by atoms with Gasteiger partial charge >= 0.3 is 0 Å². The molecule has 0 saturated carbocycles. The Balaban J connectivity index is 0.000000242. The first-order valence-electron chi connectivity index (χ1n) is 19.4. The summed E-state index contributed by atoms with van der Waals surface area (Å²) in [5.41, 5.74) is 8.57. The quantitative estimate of drug-likeness (QED) is 0.0349. The minimum Gasteiger partial charge on any atom is -0.507 e. The lowest BCUT2D eigenvalue weighted by Crippen LogP contribution is -2.46. The fourth-order valence-corrected chi connectivity index (χ4v) is 6.04. The summed E-state index contributed by atoms with van der Waals surface area (Å²) in [5.74, 6) is 1.59. The maximum atomic E-state index is 12.4. The number of rotatable bonds is 14. The van der Waals surface area contributed by atoms with E-state index >= 15 is 0 Å². The van der Waals surface area contributed by atoms with E-state index in [1.54, 1.807) is 24.4 Å². The van der Waals surface area contributed by atoms with Crippen LogP contribution < -0.4 is 25.3 Å². The number of carbonyl (C=O) groups excluding carboxylic acids is 1. The molecule has 4 aromatic carbocycles. The number of nitrogen functional groups attached to an aromatic ring is 1. The Morgan fingerprint density at radius 3 is 2.00 bits per heavy atom. The Morgan fingerprint density at radius 2 is 1.44 bits per heavy atom. The molecule has 5 N–H and O–H groups in total. The van der Waals surface area contributed by atoms with Gasteiger partial charge < -0.3 is 40.0 Å². The van der Waals surface area contributed by atoms with Gasteiger partial charge in [-0.2, -0.15) is 10.4 Å². The van der Waals surface area contributed by atoms with Crippen LogP contribution in [0.3, 0.4) is 0 Å². The molecule has 1 atom stereocenters. The SMILES string of the molecule is CCCOc1cc(N)ccc1Br.CCCOc1cc(NC(=O)C2CN(C#N)CCO2)ccc1-c1ccn[nH]1.CCCOc1cc([N+](=O)[O-])ccc1Br.O=[N+]([O-])c1ccc(Br)c(O)c1. The van der Waals surface area contributed by atoms with Gasteiger partial charge in [-0.15, -0.1) is 0 Å². The molecule has 1 aliphatic heterocycles. The molecule has 2 heterocycles. The summed E-state index contributed by atoms with van der Waals surface area (Å²) < 4.78 is 24.2. The molecule has 1 amide bonds. The highest BCUT2D eigenvalue weighted by Crippen LogP contribution is 2.33. The van der Waals surface area contributed by atoms with Crippen molar-refractivity contribution in [3.63, 3.8) is 0 Å². The average molecular weight is 1060 g/mol. The number of non-ortho nitro benzene ring substituents is 2. The number of amides is 1. The van der Waals surface area contributed by atoms with Crippen molar-refractivity contribution >= 4 is 76.4 Å². The molecule has 0 bridgehead atoms. The highest BCUT2D eigenvalue weighted by Gasteiger charge is 2.26. The number of anilines is 2. The molecule has 18 nitrogen and oxygen atoms in total. The van der Waals surface area contributed by atoms with Gasteiger partial charge in [0.05, 0.1) is 80.6 Å². The lowest BCUT2D eigenvalue weighted by atomic mass is 10.1. The van der Waals surface area contributed by atoms with E-state index in [1.165, 1.54) is 29.2 Å². The number of nitrogens with zero attached hydrogens (tertiary/aromatic N) is 5. The Kier molecular flexibility index (Phi) is 22.2. The van der Waals surface area contributed by atoms with Gasteiger partial charge in [0.25, 0.3) is 17.3 Å². The predicted molar refractivity (Wildman–Crippen MR) is 249 cm³/mol. The van der Waals surface area contributed by atoms with Gasteiger partial charge in [-0.3, -0.25) is 30.1 Å². The number of nitro benzene ring substituents is 2. The number of benzene rings is 4. The van der Waals surface area contributed by atoms with Crippen molar-refractivity contribution in [2.75, 3.05) is 50.6 Å². The predicted octanol–water partition coefficient (Wildman–Crippen LogP) is 10.0. The topological polar surface area (TPSA) is 254 Å². The fraction of sp³-hybridized carbons (Fsp3) is 0.310. The first kappa shape index (κ1) is 51.4. The third-order valence-corrected chi connectivity index (χ3v) is 10.1. The number of halogens is 3. The van der Waals surface area contributed by atoms with Crippen molar-refractivity contribution in [1.29, 1.82) is 5.26 Å². The molecule has 63 heavy (non-hydrogen) atoms. The normalized spacial score (nSPS) is 12.7. The number of nitrogens with two attached hydrogens (primary N) is 1. The lowest BCUT2D eigenvalue weighted by molar-refractivity contribution is -0.385. The first-order chi connectivity index (χ1) is 30.2. The van der Waals surface area contributed by atoms with Gasteiger partial charge in [-0.25, -0.2) is 0 Å². The van der Waals surface area contributed by atoms with Crippen LogP contribution >= 0.6 is 47.8 Å². The molecular weight excluding hydrogens is 1020 g/mol. The van der Waals surface area contributed by atoms with E-state index in [2.05, 4.69) is 76.4 Å². The number of morpholine rings is 1. The van der Waals surface area contributed by atoms with E-state index in [1.807, 2.05) is 44.2 Å². The van der Waals surface area contributed by atoms with Crippen molar-refractivity contribution in [3.05, 3.63) is 119 Å². The standard InChI is InChI=1S/C18H21N5O3.C9H10BrNO3.C9H12BrNO.C6H4BrNO3/c1-2-8-25-16-10-13(3-4-14(16)15-5-6-20-22-15)21-18(24)17-11-23(12-19)7-9-26-17;1-2-5-14-9-6-7(11(12)13)3-4-8(9)10;1-2-5-12-9-6-7(11)3-4-8(9)10;7-5-2-1-4(8(10)11)3-6(5)9/h3-6,10,17H,2,7-9,11H2,1H3,(H,20,22)(H,21,24);3-4,6H,2,5H2,1H3;3-4,6H,2,5,11H2,1H3;1-3,9H. The molecule has 6 rings (SSSR count). The largest absolute Gasteiger partial charge is 0.507 e. The highest BCUT2D eigenvalue weighted by atomic mass is 79.9. The smallest absolute Gasteiger partial charge is 0.273 e. The molecule has 1 saturated heterocycles. The zero-order valence-corrected chi connectivity index (χ0v) is 39.4. The number of phenols is 1. The molecule has 1 aliphatic rings. The van der Waals surface area contributed by atoms with Crippen LogP contribution in [0.25, 0.3) is 11.3 Å². The number of phenolic OH excluding ortho intramolecular Hbond substituents is 1. The second-order valence-corrected chi connectivity index (χ2v) is 15.6. The summed E-state index contributed by atoms with van der Waals surface area (Å²) in [4.78, 5) is 33.6. The van der Waals surface area contributed by atoms with Crippen LogP contribution in [0.15, 0.2) is 98.5 Å². The summed E-state index contributed by atoms with van der Waals surface area (Å²) in [7, 11) is 0. The van der Waals surface area contributed by atoms with E-state index in [4.69, 9.17) is 35.0 Å². The van der Waals surface area contributed by atoms with Gasteiger partial charge in [0.1, 0.15) is 23.0 Å². The second kappa shape index (κ2) is 27.2. The first-order valence-corrected chi connectivity index (χ1v) is 21.8. The molecular formula is C42H47Br3N8O10. The van der Waals surface area contributed by atoms with Gasteiger partial charge in [-0.1, -0.05) is 20.8 Å². The van der Waals surface area contributed by atoms with E-state index in [-0.39, 0.29) is 29.6 Å². The number of hydrogen-bond donors (Lipinski definition) is 4. The molecule has 0 radical (unpaired) electrons. The van der Waals surface area contributed by atoms with Crippen LogP contribution in [0.5, 0.6) is 23.0 Å². The maximum Gasteiger partial charge on any atom is 0.273 e. The van der Waals surface area contributed by atoms with Gasteiger partial charge in [-0.05, 0) is 110 Å². The lowest BCUT2D eigenvalue weighted by Gasteiger charge is -2.28. The zero-order chi connectivity index (χ0) is 46.3. The molecule has 5 aromatic rings. The number of nitriles is 1. The van der Waals surface area contributed by atoms with Crippen molar-refractivity contribution < 1.29 is 38.7 Å². The Hall–Kier alpha value is -5.95. The molecule has 336 valence electrons. The number of aromatic amines is 1. The van der Waals surface area contributed by atoms with Crippen LogP contribution in [-0.2, 0) is 9.53 Å². The van der Waals surface area contributed by atoms with Gasteiger partial charge in [0, 0.05) is 47.4 Å².